The number of aromatic hydroxyl groups is 2. The monoisotopic (exact) mass is 291 g/mol. The zero-order valence-electron chi connectivity index (χ0n) is 10.7. The van der Waals surface area contributed by atoms with E-state index in [2.05, 4.69) is 0 Å². The van der Waals surface area contributed by atoms with Gasteiger partial charge in [0.2, 0.25) is 0 Å². The zero-order chi connectivity index (χ0) is 16.0. The predicted octanol–water partition coefficient (Wildman–Crippen LogP) is 1.76. The number of carbonyl (C=O) groups is 2. The highest BCUT2D eigenvalue weighted by molar-refractivity contribution is 5.91. The third-order valence-corrected chi connectivity index (χ3v) is 2.40. The molecule has 21 heavy (non-hydrogen) atoms. The molecule has 0 fully saturated rings. The van der Waals surface area contributed by atoms with E-state index in [1.54, 1.807) is 12.1 Å². The van der Waals surface area contributed by atoms with Gasteiger partial charge in [0.05, 0.1) is 5.56 Å². The van der Waals surface area contributed by atoms with Crippen LogP contribution in [0.3, 0.4) is 0 Å². The van der Waals surface area contributed by atoms with Gasteiger partial charge in [-0.15, -0.1) is 0 Å². The van der Waals surface area contributed by atoms with Gasteiger partial charge in [0.25, 0.3) is 0 Å². The highest BCUT2D eigenvalue weighted by Crippen LogP contribution is 2.27. The highest BCUT2D eigenvalue weighted by atomic mass is 16.4. The molecule has 2 aromatic rings. The number of nitrogens with two attached hydrogens (primary N) is 1. The van der Waals surface area contributed by atoms with Crippen LogP contribution in [0, 0.1) is 0 Å². The molecule has 0 heterocycles. The van der Waals surface area contributed by atoms with Crippen molar-refractivity contribution in [3.8, 4) is 11.5 Å². The Morgan fingerprint density at radius 1 is 0.857 bits per heavy atom. The molecule has 0 radical (unpaired) electrons. The molecule has 0 aliphatic heterocycles. The molecular formula is C14H13NO6. The second kappa shape index (κ2) is 6.80. The van der Waals surface area contributed by atoms with E-state index >= 15 is 0 Å². The van der Waals surface area contributed by atoms with E-state index in [9.17, 15) is 9.59 Å². The van der Waals surface area contributed by atoms with Gasteiger partial charge in [-0.25, -0.2) is 9.59 Å². The van der Waals surface area contributed by atoms with Crippen LogP contribution in [-0.2, 0) is 0 Å². The highest BCUT2D eigenvalue weighted by Gasteiger charge is 2.11. The van der Waals surface area contributed by atoms with Crippen molar-refractivity contribution in [1.82, 2.24) is 0 Å². The summed E-state index contributed by atoms with van der Waals surface area (Å²) in [6.07, 6.45) is 0. The van der Waals surface area contributed by atoms with Crippen molar-refractivity contribution in [3.63, 3.8) is 0 Å². The first-order valence-corrected chi connectivity index (χ1v) is 5.66. The van der Waals surface area contributed by atoms with E-state index in [1.807, 2.05) is 0 Å². The van der Waals surface area contributed by atoms with Gasteiger partial charge in [-0.05, 0) is 36.4 Å². The normalized spacial score (nSPS) is 9.33. The van der Waals surface area contributed by atoms with Gasteiger partial charge >= 0.3 is 11.9 Å². The smallest absolute Gasteiger partial charge is 0.339 e. The topological polar surface area (TPSA) is 141 Å². The summed E-state index contributed by atoms with van der Waals surface area (Å²) in [4.78, 5) is 20.6. The van der Waals surface area contributed by atoms with Crippen LogP contribution in [0.2, 0.25) is 0 Å². The number of hydrogen-bond acceptors (Lipinski definition) is 5. The second-order valence-electron chi connectivity index (χ2n) is 3.91. The number of aromatic carboxylic acids is 2. The van der Waals surface area contributed by atoms with Gasteiger partial charge in [-0.1, -0.05) is 6.07 Å². The molecule has 2 aromatic carbocycles. The number of benzene rings is 2. The van der Waals surface area contributed by atoms with E-state index in [-0.39, 0.29) is 11.1 Å². The number of phenols is 2. The molecule has 0 saturated carbocycles. The van der Waals surface area contributed by atoms with E-state index in [1.165, 1.54) is 30.3 Å². The van der Waals surface area contributed by atoms with Crippen LogP contribution >= 0.6 is 0 Å². The van der Waals surface area contributed by atoms with E-state index in [0.717, 1.165) is 0 Å². The van der Waals surface area contributed by atoms with Gasteiger partial charge in [0.1, 0.15) is 5.56 Å². The standard InChI is InChI=1S/C7H7NO2.C7H6O4/c8-6-3-1-5(2-4-6)7(9)10;8-5-3-1-2-4(6(5)9)7(10)11/h1-4H,8H2,(H,9,10);1-3,8-9H,(H,10,11). The van der Waals surface area contributed by atoms with E-state index < -0.39 is 23.4 Å². The Morgan fingerprint density at radius 3 is 1.86 bits per heavy atom. The number of anilines is 1. The van der Waals surface area contributed by atoms with Crippen molar-refractivity contribution >= 4 is 17.6 Å². The van der Waals surface area contributed by atoms with E-state index in [4.69, 9.17) is 26.2 Å². The molecule has 7 heteroatoms. The molecule has 6 N–H and O–H groups in total. The SMILES string of the molecule is Nc1ccc(C(=O)O)cc1.O=C(O)c1cccc(O)c1O. The third kappa shape index (κ3) is 4.43. The van der Waals surface area contributed by atoms with Crippen molar-refractivity contribution in [2.45, 2.75) is 0 Å². The maximum absolute atomic E-state index is 10.3. The third-order valence-electron chi connectivity index (χ3n) is 2.40. The van der Waals surface area contributed by atoms with Crippen LogP contribution in [0.1, 0.15) is 20.7 Å². The molecule has 0 aliphatic rings. The Morgan fingerprint density at radius 2 is 1.43 bits per heavy atom. The summed E-state index contributed by atoms with van der Waals surface area (Å²) in [5.41, 5.74) is 5.87. The van der Waals surface area contributed by atoms with Gasteiger partial charge < -0.3 is 26.2 Å². The average Bonchev–Trinajstić information content (AvgIpc) is 2.42. The quantitative estimate of drug-likeness (QED) is 0.419. The lowest BCUT2D eigenvalue weighted by molar-refractivity contribution is 0.0683. The Bertz CT molecular complexity index is 651. The first-order chi connectivity index (χ1) is 9.82. The average molecular weight is 291 g/mol. The van der Waals surface area contributed by atoms with Gasteiger partial charge in [-0.2, -0.15) is 0 Å². The molecule has 7 nitrogen and oxygen atoms in total. The van der Waals surface area contributed by atoms with Crippen LogP contribution in [-0.4, -0.2) is 32.4 Å². The summed E-state index contributed by atoms with van der Waals surface area (Å²) in [5.74, 6) is -3.22. The summed E-state index contributed by atoms with van der Waals surface area (Å²) < 4.78 is 0. The fourth-order valence-corrected chi connectivity index (χ4v) is 1.33. The molecule has 110 valence electrons. The van der Waals surface area contributed by atoms with Crippen LogP contribution in [0.4, 0.5) is 5.69 Å². The van der Waals surface area contributed by atoms with Crippen molar-refractivity contribution in [2.24, 2.45) is 0 Å². The summed E-state index contributed by atoms with van der Waals surface area (Å²) in [6.45, 7) is 0. The molecule has 0 aromatic heterocycles. The Balaban J connectivity index is 0.000000211. The summed E-state index contributed by atoms with van der Waals surface area (Å²) >= 11 is 0. The Hall–Kier alpha value is -3.22. The maximum Gasteiger partial charge on any atom is 0.339 e. The minimum atomic E-state index is -1.27. The number of rotatable bonds is 2. The molecule has 0 aliphatic carbocycles. The molecule has 0 unspecified atom stereocenters. The molecule has 0 amide bonds. The van der Waals surface area contributed by atoms with Crippen molar-refractivity contribution in [1.29, 1.82) is 0 Å². The van der Waals surface area contributed by atoms with Gasteiger partial charge in [-0.3, -0.25) is 0 Å². The van der Waals surface area contributed by atoms with Crippen LogP contribution in [0.25, 0.3) is 0 Å². The van der Waals surface area contributed by atoms with Crippen LogP contribution in [0.15, 0.2) is 42.5 Å². The first-order valence-electron chi connectivity index (χ1n) is 5.66. The molecule has 0 atom stereocenters. The summed E-state index contributed by atoms with van der Waals surface area (Å²) in [6, 6.07) is 9.82. The molecule has 0 bridgehead atoms. The summed E-state index contributed by atoms with van der Waals surface area (Å²) in [5, 5.41) is 34.6. The minimum absolute atomic E-state index is 0.259. The number of phenolic OH excluding ortho intramolecular Hbond substituents is 1. The van der Waals surface area contributed by atoms with Crippen molar-refractivity contribution < 1.29 is 30.0 Å². The van der Waals surface area contributed by atoms with Crippen molar-refractivity contribution in [3.05, 3.63) is 53.6 Å². The minimum Gasteiger partial charge on any atom is -0.504 e. The molecule has 0 spiro atoms. The van der Waals surface area contributed by atoms with Crippen molar-refractivity contribution in [2.75, 3.05) is 5.73 Å². The van der Waals surface area contributed by atoms with E-state index in [0.29, 0.717) is 5.69 Å². The lowest BCUT2D eigenvalue weighted by Crippen LogP contribution is -1.95. The fraction of sp³-hybridized carbons (Fsp3) is 0. The number of carboxylic acid groups (broad SMARTS) is 2. The first kappa shape index (κ1) is 15.8. The maximum atomic E-state index is 10.3. The number of hydrogen-bond donors (Lipinski definition) is 5. The van der Waals surface area contributed by atoms with Crippen LogP contribution in [0.5, 0.6) is 11.5 Å². The Labute approximate surface area is 119 Å². The zero-order valence-corrected chi connectivity index (χ0v) is 10.7. The van der Waals surface area contributed by atoms with Gasteiger partial charge in [0.15, 0.2) is 11.5 Å². The van der Waals surface area contributed by atoms with Gasteiger partial charge in [0, 0.05) is 5.69 Å². The number of para-hydroxylation sites is 1. The Kier molecular flexibility index (Phi) is 5.13. The lowest BCUT2D eigenvalue weighted by Gasteiger charge is -1.99. The predicted molar refractivity (Wildman–Crippen MR) is 74.5 cm³/mol. The van der Waals surface area contributed by atoms with Crippen LogP contribution < -0.4 is 5.73 Å². The second-order valence-corrected chi connectivity index (χ2v) is 3.91. The molecule has 2 rings (SSSR count). The number of carboxylic acids is 2. The fourth-order valence-electron chi connectivity index (χ4n) is 1.33. The molecular weight excluding hydrogens is 278 g/mol. The summed E-state index contributed by atoms with van der Waals surface area (Å²) in [7, 11) is 0. The largest absolute Gasteiger partial charge is 0.504 e. The molecule has 0 saturated heterocycles. The lowest BCUT2D eigenvalue weighted by atomic mass is 10.2. The number of nitrogen functional groups attached to an aromatic ring is 1.